The Kier molecular flexibility index (Phi) is 5.94. The summed E-state index contributed by atoms with van der Waals surface area (Å²) < 4.78 is 10.4. The number of hydrogen-bond donors (Lipinski definition) is 2. The number of imidazole rings is 1. The maximum atomic E-state index is 13.0. The smallest absolute Gasteiger partial charge is 0.170 e. The lowest BCUT2D eigenvalue weighted by Gasteiger charge is -2.56. The van der Waals surface area contributed by atoms with Gasteiger partial charge >= 0.3 is 0 Å². The van der Waals surface area contributed by atoms with Gasteiger partial charge in [0.1, 0.15) is 18.0 Å². The molecule has 1 fully saturated rings. The number of carbonyl (C=O) groups is 1. The second-order valence-electron chi connectivity index (χ2n) is 13.1. The molecule has 8 heteroatoms. The van der Waals surface area contributed by atoms with Crippen molar-refractivity contribution in [3.05, 3.63) is 89.2 Å². The molecule has 43 heavy (non-hydrogen) atoms. The first-order valence-corrected chi connectivity index (χ1v) is 15.5. The number of likely N-dealkylation sites (N-methyl/N-ethyl adjacent to an activating group) is 1. The lowest BCUT2D eigenvalue weighted by molar-refractivity contribution is -0.0453. The summed E-state index contributed by atoms with van der Waals surface area (Å²) in [5, 5.41) is 21.7. The minimum atomic E-state index is -0.594. The molecule has 2 bridgehead atoms. The Bertz CT molecular complexity index is 1800. The number of phenols is 1. The van der Waals surface area contributed by atoms with Crippen LogP contribution in [0.15, 0.2) is 60.9 Å². The van der Waals surface area contributed by atoms with Crippen molar-refractivity contribution in [2.45, 2.75) is 62.8 Å². The number of phenolic OH excluding ortho intramolecular Hbond substituents is 1. The topological polar surface area (TPSA) is 92.8 Å². The molecule has 4 heterocycles. The van der Waals surface area contributed by atoms with E-state index >= 15 is 0 Å². The average molecular weight is 579 g/mol. The number of hydrogen-bond acceptors (Lipinski definition) is 6. The van der Waals surface area contributed by atoms with Crippen LogP contribution in [0.25, 0.3) is 10.9 Å². The van der Waals surface area contributed by atoms with Crippen molar-refractivity contribution in [1.82, 2.24) is 19.0 Å². The molecule has 2 aromatic heterocycles. The Balaban J connectivity index is 0.000000129. The fourth-order valence-electron chi connectivity index (χ4n) is 8.91. The van der Waals surface area contributed by atoms with Crippen molar-refractivity contribution >= 4 is 16.7 Å². The highest BCUT2D eigenvalue weighted by molar-refractivity contribution is 6.11. The minimum absolute atomic E-state index is 0.0474. The van der Waals surface area contributed by atoms with Gasteiger partial charge in [0.15, 0.2) is 17.3 Å². The van der Waals surface area contributed by atoms with E-state index in [2.05, 4.69) is 51.3 Å². The Morgan fingerprint density at radius 1 is 1.14 bits per heavy atom. The number of aliphatic hydroxyl groups excluding tert-OH is 1. The molecule has 2 N–H and O–H groups in total. The number of aryl methyl sites for hydroxylation is 2. The molecule has 4 aromatic rings. The van der Waals surface area contributed by atoms with Crippen LogP contribution in [0.1, 0.15) is 45.8 Å². The van der Waals surface area contributed by atoms with Gasteiger partial charge in [-0.3, -0.25) is 4.79 Å². The molecule has 2 aliphatic heterocycles. The van der Waals surface area contributed by atoms with Crippen LogP contribution < -0.4 is 4.74 Å². The molecule has 1 saturated heterocycles. The zero-order valence-corrected chi connectivity index (χ0v) is 24.9. The van der Waals surface area contributed by atoms with Gasteiger partial charge in [0.05, 0.1) is 0 Å². The zero-order valence-electron chi connectivity index (χ0n) is 24.9. The highest BCUT2D eigenvalue weighted by Gasteiger charge is 2.64. The van der Waals surface area contributed by atoms with Gasteiger partial charge in [0, 0.05) is 77.0 Å². The summed E-state index contributed by atoms with van der Waals surface area (Å²) in [4.78, 5) is 19.7. The molecule has 5 aliphatic rings. The molecule has 8 nitrogen and oxygen atoms in total. The van der Waals surface area contributed by atoms with E-state index in [-0.39, 0.29) is 29.0 Å². The first kappa shape index (κ1) is 26.7. The predicted molar refractivity (Wildman–Crippen MR) is 164 cm³/mol. The fraction of sp³-hybridized carbons (Fsp3) is 0.429. The van der Waals surface area contributed by atoms with Gasteiger partial charge < -0.3 is 29.0 Å². The molecule has 3 aliphatic carbocycles. The number of aliphatic hydroxyl groups is 1. The van der Waals surface area contributed by atoms with Gasteiger partial charge in [-0.05, 0) is 63.9 Å². The summed E-state index contributed by atoms with van der Waals surface area (Å²) in [6.07, 6.45) is 10.8. The number of aromatic nitrogens is 3. The Labute approximate surface area is 251 Å². The van der Waals surface area contributed by atoms with E-state index in [0.29, 0.717) is 17.7 Å². The number of carbonyl (C=O) groups excluding carboxylic acids is 1. The largest absolute Gasteiger partial charge is 0.504 e. The van der Waals surface area contributed by atoms with Gasteiger partial charge in [0.25, 0.3) is 0 Å². The fourth-order valence-corrected chi connectivity index (χ4v) is 8.91. The van der Waals surface area contributed by atoms with Crippen LogP contribution in [-0.2, 0) is 31.8 Å². The number of ketones is 1. The van der Waals surface area contributed by atoms with Crippen LogP contribution in [-0.4, -0.2) is 66.9 Å². The molecule has 9 rings (SSSR count). The van der Waals surface area contributed by atoms with Crippen molar-refractivity contribution in [3.8, 4) is 11.5 Å². The number of likely N-dealkylation sites (tertiary alicyclic amines) is 1. The van der Waals surface area contributed by atoms with Crippen molar-refractivity contribution in [3.63, 3.8) is 0 Å². The molecule has 222 valence electrons. The number of nitrogens with zero attached hydrogens (tertiary/aromatic N) is 4. The first-order valence-electron chi connectivity index (χ1n) is 15.5. The Morgan fingerprint density at radius 2 is 1.98 bits per heavy atom. The monoisotopic (exact) mass is 578 g/mol. The summed E-state index contributed by atoms with van der Waals surface area (Å²) in [6.45, 7) is 3.72. The number of benzene rings is 2. The lowest BCUT2D eigenvalue weighted by Crippen LogP contribution is -2.64. The van der Waals surface area contributed by atoms with Crippen molar-refractivity contribution in [2.24, 2.45) is 18.9 Å². The molecule has 0 radical (unpaired) electrons. The quantitative estimate of drug-likeness (QED) is 0.344. The summed E-state index contributed by atoms with van der Waals surface area (Å²) in [5.41, 5.74) is 5.57. The van der Waals surface area contributed by atoms with E-state index < -0.39 is 6.10 Å². The predicted octanol–water partition coefficient (Wildman–Crippen LogP) is 4.33. The molecule has 2 aromatic carbocycles. The van der Waals surface area contributed by atoms with Gasteiger partial charge in [-0.15, -0.1) is 0 Å². The second-order valence-corrected chi connectivity index (χ2v) is 13.1. The number of piperidine rings is 1. The molecule has 0 saturated carbocycles. The van der Waals surface area contributed by atoms with E-state index in [4.69, 9.17) is 4.74 Å². The SMILES string of the molecule is CN1CC[C@]23c4c5ccc(O)c4O[C@H]2[C@@H](O)C=C[C@H]3[C@H]1C5.Cc1nccn1CC1CCc2c(c3ccccc3n2C)C1=O. The minimum Gasteiger partial charge on any atom is -0.504 e. The van der Waals surface area contributed by atoms with Crippen LogP contribution in [0.5, 0.6) is 11.5 Å². The number of fused-ring (bicyclic) bond motifs is 3. The van der Waals surface area contributed by atoms with E-state index in [1.165, 1.54) is 16.8 Å². The van der Waals surface area contributed by atoms with Gasteiger partial charge in [-0.25, -0.2) is 4.98 Å². The molecule has 1 unspecified atom stereocenters. The van der Waals surface area contributed by atoms with Crippen molar-refractivity contribution in [2.75, 3.05) is 13.6 Å². The average Bonchev–Trinajstić information content (AvgIpc) is 3.67. The summed E-state index contributed by atoms with van der Waals surface area (Å²) >= 11 is 0. The number of ether oxygens (including phenoxy) is 1. The second kappa shape index (κ2) is 9.56. The first-order chi connectivity index (χ1) is 20.8. The summed E-state index contributed by atoms with van der Waals surface area (Å²) in [6, 6.07) is 12.4. The van der Waals surface area contributed by atoms with E-state index in [1.54, 1.807) is 12.3 Å². The van der Waals surface area contributed by atoms with Gasteiger partial charge in [-0.2, -0.15) is 0 Å². The van der Waals surface area contributed by atoms with Crippen LogP contribution in [0.2, 0.25) is 0 Å². The Hall–Kier alpha value is -3.88. The zero-order chi connectivity index (χ0) is 29.6. The number of para-hydroxylation sites is 1. The molecule has 1 spiro atoms. The third-order valence-corrected chi connectivity index (χ3v) is 11.1. The highest BCUT2D eigenvalue weighted by atomic mass is 16.5. The third-order valence-electron chi connectivity index (χ3n) is 11.1. The maximum absolute atomic E-state index is 13.0. The lowest BCUT2D eigenvalue weighted by atomic mass is 9.53. The van der Waals surface area contributed by atoms with Crippen LogP contribution >= 0.6 is 0 Å². The molecule has 0 amide bonds. The third kappa shape index (κ3) is 3.69. The summed E-state index contributed by atoms with van der Waals surface area (Å²) in [7, 11) is 4.25. The molecular weight excluding hydrogens is 540 g/mol. The highest BCUT2D eigenvalue weighted by Crippen LogP contribution is 2.62. The maximum Gasteiger partial charge on any atom is 0.170 e. The number of Topliss-reactive ketones (excluding diaryl/α,β-unsaturated/α-hetero) is 1. The van der Waals surface area contributed by atoms with E-state index in [1.807, 2.05) is 37.4 Å². The number of rotatable bonds is 2. The van der Waals surface area contributed by atoms with Crippen LogP contribution in [0, 0.1) is 18.8 Å². The van der Waals surface area contributed by atoms with Crippen molar-refractivity contribution in [1.29, 1.82) is 0 Å². The van der Waals surface area contributed by atoms with Crippen molar-refractivity contribution < 1.29 is 19.7 Å². The number of aromatic hydroxyl groups is 1. The van der Waals surface area contributed by atoms with Gasteiger partial charge in [0.2, 0.25) is 0 Å². The van der Waals surface area contributed by atoms with E-state index in [0.717, 1.165) is 61.1 Å². The van der Waals surface area contributed by atoms with E-state index in [9.17, 15) is 15.0 Å². The van der Waals surface area contributed by atoms with Gasteiger partial charge in [-0.1, -0.05) is 36.4 Å². The van der Waals surface area contributed by atoms with Crippen LogP contribution in [0.3, 0.4) is 0 Å². The van der Waals surface area contributed by atoms with Crippen LogP contribution in [0.4, 0.5) is 0 Å². The Morgan fingerprint density at radius 3 is 2.79 bits per heavy atom. The molecular formula is C35H38N4O4. The normalized spacial score (nSPS) is 30.0. The standard InChI is InChI=1S/C18H19N3O.C17H19NO3/c1-12-19-9-10-21(12)11-13-7-8-16-17(18(13)22)14-5-3-4-6-15(14)20(16)2;1-18-7-6-17-10-3-5-13(20)16(17)21-15-12(19)4-2-9(14(15)17)8-11(10)18/h3-6,9-10,13H,7-8,11H2,1-2H3;2-5,10-11,13,16,19-20H,6-8H2,1H3/t;10-,11+,13-,16-,17-/m.0/s1. The summed E-state index contributed by atoms with van der Waals surface area (Å²) in [5.74, 6) is 2.49. The molecule has 6 atom stereocenters.